The van der Waals surface area contributed by atoms with E-state index in [1.807, 2.05) is 0 Å². The van der Waals surface area contributed by atoms with Crippen molar-refractivity contribution in [2.75, 3.05) is 13.7 Å². The fraction of sp³-hybridized carbons (Fsp3) is 0.400. The van der Waals surface area contributed by atoms with E-state index in [2.05, 4.69) is 9.72 Å². The van der Waals surface area contributed by atoms with E-state index in [4.69, 9.17) is 16.3 Å². The number of hydrogen-bond donors (Lipinski definition) is 0. The van der Waals surface area contributed by atoms with Gasteiger partial charge < -0.3 is 9.47 Å². The highest BCUT2D eigenvalue weighted by Gasteiger charge is 2.24. The van der Waals surface area contributed by atoms with Crippen molar-refractivity contribution in [3.05, 3.63) is 22.5 Å². The van der Waals surface area contributed by atoms with Crippen LogP contribution < -0.4 is 4.74 Å². The lowest BCUT2D eigenvalue weighted by molar-refractivity contribution is 0.0513. The average Bonchev–Trinajstić information content (AvgIpc) is 2.28. The zero-order chi connectivity index (χ0) is 13.0. The van der Waals surface area contributed by atoms with E-state index < -0.39 is 18.1 Å². The van der Waals surface area contributed by atoms with Crippen molar-refractivity contribution >= 4 is 17.6 Å². The number of carbonyl (C=O) groups excluding carboxylic acids is 1. The maximum atomic E-state index is 12.7. The molecule has 0 saturated carbocycles. The molecular formula is C10H10ClF2NO3. The lowest BCUT2D eigenvalue weighted by atomic mass is 10.2. The quantitative estimate of drug-likeness (QED) is 0.620. The molecule has 0 aliphatic rings. The molecule has 0 fully saturated rings. The van der Waals surface area contributed by atoms with E-state index in [0.29, 0.717) is 0 Å². The Balaban J connectivity index is 3.28. The lowest BCUT2D eigenvalue weighted by Crippen LogP contribution is -2.11. The first-order chi connectivity index (χ1) is 8.01. The van der Waals surface area contributed by atoms with E-state index in [1.165, 1.54) is 7.11 Å². The van der Waals surface area contributed by atoms with Gasteiger partial charge in [0.2, 0.25) is 0 Å². The van der Waals surface area contributed by atoms with Gasteiger partial charge in [0, 0.05) is 0 Å². The van der Waals surface area contributed by atoms with Crippen LogP contribution in [0.3, 0.4) is 0 Å². The van der Waals surface area contributed by atoms with Crippen molar-refractivity contribution in [3.8, 4) is 5.75 Å². The first-order valence-electron chi connectivity index (χ1n) is 4.71. The molecule has 17 heavy (non-hydrogen) atoms. The highest BCUT2D eigenvalue weighted by atomic mass is 35.5. The molecule has 0 unspecified atom stereocenters. The lowest BCUT2D eigenvalue weighted by Gasteiger charge is -2.10. The second-order valence-corrected chi connectivity index (χ2v) is 3.29. The molecule has 0 aromatic carbocycles. The standard InChI is InChI=1S/C10H10ClF2NO3/c1-3-17-10(15)5-4-6(16-2)8(11)14-7(5)9(12)13/h4,9H,3H2,1-2H3. The van der Waals surface area contributed by atoms with Crippen molar-refractivity contribution in [1.82, 2.24) is 4.98 Å². The summed E-state index contributed by atoms with van der Waals surface area (Å²) in [4.78, 5) is 14.9. The van der Waals surface area contributed by atoms with E-state index in [0.717, 1.165) is 6.07 Å². The van der Waals surface area contributed by atoms with Crippen LogP contribution in [-0.2, 0) is 4.74 Å². The van der Waals surface area contributed by atoms with Gasteiger partial charge in [-0.2, -0.15) is 0 Å². The Kier molecular flexibility index (Phi) is 4.62. The Bertz CT molecular complexity index is 426. The number of methoxy groups -OCH3 is 1. The molecule has 1 aromatic heterocycles. The fourth-order valence-electron chi connectivity index (χ4n) is 1.17. The molecule has 0 atom stereocenters. The molecular weight excluding hydrogens is 256 g/mol. The van der Waals surface area contributed by atoms with Gasteiger partial charge in [-0.25, -0.2) is 18.6 Å². The van der Waals surface area contributed by atoms with Crippen LogP contribution >= 0.6 is 11.6 Å². The van der Waals surface area contributed by atoms with Gasteiger partial charge in [-0.05, 0) is 13.0 Å². The summed E-state index contributed by atoms with van der Waals surface area (Å²) in [6, 6.07) is 1.09. The summed E-state index contributed by atoms with van der Waals surface area (Å²) in [5.41, 5.74) is -1.06. The van der Waals surface area contributed by atoms with Crippen LogP contribution in [0.25, 0.3) is 0 Å². The number of rotatable bonds is 4. The molecule has 94 valence electrons. The van der Waals surface area contributed by atoms with E-state index in [1.54, 1.807) is 6.92 Å². The summed E-state index contributed by atoms with van der Waals surface area (Å²) < 4.78 is 34.8. The molecule has 7 heteroatoms. The number of hydrogen-bond acceptors (Lipinski definition) is 4. The topological polar surface area (TPSA) is 48.4 Å². The molecule has 0 aliphatic heterocycles. The van der Waals surface area contributed by atoms with Crippen molar-refractivity contribution < 1.29 is 23.0 Å². The third kappa shape index (κ3) is 3.03. The minimum absolute atomic E-state index is 0.0409. The number of halogens is 3. The molecule has 0 amide bonds. The van der Waals surface area contributed by atoms with Gasteiger partial charge >= 0.3 is 5.97 Å². The Morgan fingerprint density at radius 3 is 2.71 bits per heavy atom. The first-order valence-corrected chi connectivity index (χ1v) is 5.08. The van der Waals surface area contributed by atoms with Gasteiger partial charge in [0.25, 0.3) is 6.43 Å². The number of carbonyl (C=O) groups is 1. The molecule has 0 aliphatic carbocycles. The molecule has 1 rings (SSSR count). The van der Waals surface area contributed by atoms with Crippen molar-refractivity contribution in [2.24, 2.45) is 0 Å². The number of nitrogens with zero attached hydrogens (tertiary/aromatic N) is 1. The smallest absolute Gasteiger partial charge is 0.340 e. The summed E-state index contributed by atoms with van der Waals surface area (Å²) in [7, 11) is 1.29. The summed E-state index contributed by atoms with van der Waals surface area (Å²) in [6.07, 6.45) is -2.92. The molecule has 4 nitrogen and oxygen atoms in total. The zero-order valence-electron chi connectivity index (χ0n) is 9.17. The maximum Gasteiger partial charge on any atom is 0.340 e. The molecule has 1 heterocycles. The van der Waals surface area contributed by atoms with Gasteiger partial charge in [-0.1, -0.05) is 11.6 Å². The van der Waals surface area contributed by atoms with Crippen LogP contribution in [0.1, 0.15) is 29.4 Å². The minimum Gasteiger partial charge on any atom is -0.493 e. The fourth-order valence-corrected chi connectivity index (χ4v) is 1.39. The summed E-state index contributed by atoms with van der Waals surface area (Å²) in [5, 5.41) is -0.226. The number of ether oxygens (including phenoxy) is 2. The number of alkyl halides is 2. The zero-order valence-corrected chi connectivity index (χ0v) is 9.92. The predicted octanol–water partition coefficient (Wildman–Crippen LogP) is 2.86. The van der Waals surface area contributed by atoms with Crippen LogP contribution in [0.2, 0.25) is 5.15 Å². The normalized spacial score (nSPS) is 10.5. The third-order valence-electron chi connectivity index (χ3n) is 1.90. The SMILES string of the molecule is CCOC(=O)c1cc(OC)c(Cl)nc1C(F)F. The molecule has 0 bridgehead atoms. The molecule has 0 saturated heterocycles. The predicted molar refractivity (Wildman–Crippen MR) is 56.7 cm³/mol. The largest absolute Gasteiger partial charge is 0.493 e. The van der Waals surface area contributed by atoms with Crippen LogP contribution in [0, 0.1) is 0 Å². The van der Waals surface area contributed by atoms with Crippen LogP contribution in [0.5, 0.6) is 5.75 Å². The summed E-state index contributed by atoms with van der Waals surface area (Å²) in [6.45, 7) is 1.65. The molecule has 0 spiro atoms. The molecule has 1 aromatic rings. The van der Waals surface area contributed by atoms with Gasteiger partial charge in [0.1, 0.15) is 5.69 Å². The summed E-state index contributed by atoms with van der Waals surface area (Å²) in [5.74, 6) is -0.843. The van der Waals surface area contributed by atoms with Gasteiger partial charge in [-0.3, -0.25) is 0 Å². The first kappa shape index (κ1) is 13.6. The maximum absolute atomic E-state index is 12.7. The van der Waals surface area contributed by atoms with Gasteiger partial charge in [0.15, 0.2) is 10.9 Å². The van der Waals surface area contributed by atoms with Crippen LogP contribution in [0.4, 0.5) is 8.78 Å². The molecule has 0 radical (unpaired) electrons. The highest BCUT2D eigenvalue weighted by molar-refractivity contribution is 6.31. The van der Waals surface area contributed by atoms with Gasteiger partial charge in [-0.15, -0.1) is 0 Å². The third-order valence-corrected chi connectivity index (χ3v) is 2.17. The van der Waals surface area contributed by atoms with Crippen molar-refractivity contribution in [3.63, 3.8) is 0 Å². The summed E-state index contributed by atoms with van der Waals surface area (Å²) >= 11 is 5.61. The minimum atomic E-state index is -2.92. The Morgan fingerprint density at radius 2 is 2.24 bits per heavy atom. The average molecular weight is 266 g/mol. The van der Waals surface area contributed by atoms with E-state index >= 15 is 0 Å². The number of esters is 1. The number of pyridine rings is 1. The van der Waals surface area contributed by atoms with E-state index in [9.17, 15) is 13.6 Å². The van der Waals surface area contributed by atoms with Crippen molar-refractivity contribution in [2.45, 2.75) is 13.3 Å². The van der Waals surface area contributed by atoms with E-state index in [-0.39, 0.29) is 23.1 Å². The highest BCUT2D eigenvalue weighted by Crippen LogP contribution is 2.30. The Morgan fingerprint density at radius 1 is 1.59 bits per heavy atom. The van der Waals surface area contributed by atoms with Crippen LogP contribution in [0.15, 0.2) is 6.07 Å². The monoisotopic (exact) mass is 265 g/mol. The van der Waals surface area contributed by atoms with Crippen LogP contribution in [-0.4, -0.2) is 24.7 Å². The second-order valence-electron chi connectivity index (χ2n) is 2.94. The second kappa shape index (κ2) is 5.77. The Hall–Kier alpha value is -1.43. The molecule has 0 N–H and O–H groups in total. The number of aromatic nitrogens is 1. The van der Waals surface area contributed by atoms with Crippen molar-refractivity contribution in [1.29, 1.82) is 0 Å². The Labute approximate surface area is 101 Å². The van der Waals surface area contributed by atoms with Gasteiger partial charge in [0.05, 0.1) is 19.3 Å².